The van der Waals surface area contributed by atoms with Crippen LogP contribution in [0.15, 0.2) is 58.1 Å². The van der Waals surface area contributed by atoms with E-state index in [0.29, 0.717) is 19.1 Å². The van der Waals surface area contributed by atoms with Gasteiger partial charge in [-0.05, 0) is 44.4 Å². The van der Waals surface area contributed by atoms with E-state index in [1.165, 1.54) is 5.56 Å². The van der Waals surface area contributed by atoms with Crippen LogP contribution in [0, 0.1) is 5.41 Å². The minimum absolute atomic E-state index is 0.00888. The monoisotopic (exact) mass is 439 g/mol. The summed E-state index contributed by atoms with van der Waals surface area (Å²) in [5.74, 6) is 1.69. The number of carbonyl (C=O) groups is 1. The van der Waals surface area contributed by atoms with Crippen molar-refractivity contribution in [3.8, 4) is 0 Å². The van der Waals surface area contributed by atoms with Crippen LogP contribution in [-0.2, 0) is 17.8 Å². The number of carbonyl (C=O) groups excluding carboxylic acids is 1. The number of nitrogens with one attached hydrogen (secondary N) is 3. The lowest BCUT2D eigenvalue weighted by Gasteiger charge is -2.33. The highest BCUT2D eigenvalue weighted by Crippen LogP contribution is 2.16. The Labute approximate surface area is 191 Å². The van der Waals surface area contributed by atoms with Crippen LogP contribution in [0.2, 0.25) is 0 Å². The molecule has 3 rings (SSSR count). The number of amides is 1. The van der Waals surface area contributed by atoms with Gasteiger partial charge in [0.1, 0.15) is 5.76 Å². The van der Waals surface area contributed by atoms with Crippen LogP contribution < -0.4 is 16.0 Å². The Bertz CT molecular complexity index is 840. The molecule has 0 saturated carbocycles. The van der Waals surface area contributed by atoms with Crippen LogP contribution in [0.5, 0.6) is 0 Å². The molecule has 2 heterocycles. The summed E-state index contributed by atoms with van der Waals surface area (Å²) < 4.78 is 5.43. The van der Waals surface area contributed by atoms with Crippen LogP contribution in [-0.4, -0.2) is 56.0 Å². The van der Waals surface area contributed by atoms with Gasteiger partial charge in [-0.25, -0.2) is 0 Å². The first-order valence-corrected chi connectivity index (χ1v) is 11.5. The number of guanidine groups is 1. The van der Waals surface area contributed by atoms with E-state index in [0.717, 1.165) is 50.6 Å². The van der Waals surface area contributed by atoms with Crippen molar-refractivity contribution in [2.75, 3.05) is 33.2 Å². The van der Waals surface area contributed by atoms with Crippen molar-refractivity contribution in [3.63, 3.8) is 0 Å². The van der Waals surface area contributed by atoms with Gasteiger partial charge in [0.15, 0.2) is 5.96 Å². The number of likely N-dealkylation sites (tertiary alicyclic amines) is 1. The normalized spacial score (nSPS) is 16.0. The summed E-state index contributed by atoms with van der Waals surface area (Å²) in [5.41, 5.74) is 0.792. The number of piperidine rings is 1. The smallest absolute Gasteiger partial charge is 0.227 e. The first-order chi connectivity index (χ1) is 15.5. The van der Waals surface area contributed by atoms with Crippen molar-refractivity contribution in [1.82, 2.24) is 20.9 Å². The van der Waals surface area contributed by atoms with Crippen molar-refractivity contribution >= 4 is 11.9 Å². The number of hydrogen-bond acceptors (Lipinski definition) is 4. The molecule has 0 bridgehead atoms. The van der Waals surface area contributed by atoms with Gasteiger partial charge in [-0.3, -0.25) is 14.7 Å². The lowest BCUT2D eigenvalue weighted by molar-refractivity contribution is -0.128. The molecule has 1 aromatic heterocycles. The Morgan fingerprint density at radius 3 is 2.56 bits per heavy atom. The summed E-state index contributed by atoms with van der Waals surface area (Å²) in [6, 6.07) is 14.9. The first kappa shape index (κ1) is 23.9. The molecule has 0 spiro atoms. The molecular formula is C25H37N5O2. The minimum Gasteiger partial charge on any atom is -0.469 e. The molecule has 1 amide bonds. The predicted molar refractivity (Wildman–Crippen MR) is 128 cm³/mol. The number of hydrogen-bond donors (Lipinski definition) is 3. The summed E-state index contributed by atoms with van der Waals surface area (Å²) >= 11 is 0. The van der Waals surface area contributed by atoms with Gasteiger partial charge in [0.25, 0.3) is 0 Å². The summed E-state index contributed by atoms with van der Waals surface area (Å²) in [6.07, 6.45) is 4.59. The van der Waals surface area contributed by atoms with E-state index >= 15 is 0 Å². The first-order valence-electron chi connectivity index (χ1n) is 11.5. The van der Waals surface area contributed by atoms with E-state index in [-0.39, 0.29) is 5.91 Å². The third kappa shape index (κ3) is 7.41. The molecule has 32 heavy (non-hydrogen) atoms. The predicted octanol–water partition coefficient (Wildman–Crippen LogP) is 2.79. The molecule has 0 unspecified atom stereocenters. The molecule has 3 N–H and O–H groups in total. The van der Waals surface area contributed by atoms with Crippen LogP contribution >= 0.6 is 0 Å². The quantitative estimate of drug-likeness (QED) is 0.413. The lowest BCUT2D eigenvalue weighted by Crippen LogP contribution is -2.49. The zero-order chi connectivity index (χ0) is 22.8. The average Bonchev–Trinajstić information content (AvgIpc) is 3.32. The maximum atomic E-state index is 12.2. The standard InChI is InChI=1S/C25H37N5O2/c1-25(2,23(31)26-3)19-28-24(27-14-11-22-10-7-17-32-22)29-21-12-15-30(16-13-21)18-20-8-5-4-6-9-20/h4-10,17,21H,11-16,18-19H2,1-3H3,(H,26,31)(H2,27,28,29). The van der Waals surface area contributed by atoms with Crippen molar-refractivity contribution in [2.24, 2.45) is 10.4 Å². The van der Waals surface area contributed by atoms with Gasteiger partial charge in [0, 0.05) is 45.7 Å². The molecule has 1 saturated heterocycles. The molecule has 1 aliphatic rings. The van der Waals surface area contributed by atoms with E-state index in [2.05, 4.69) is 51.2 Å². The van der Waals surface area contributed by atoms with Gasteiger partial charge in [0.05, 0.1) is 18.2 Å². The fourth-order valence-electron chi connectivity index (χ4n) is 3.87. The fourth-order valence-corrected chi connectivity index (χ4v) is 3.87. The van der Waals surface area contributed by atoms with E-state index < -0.39 is 5.41 Å². The van der Waals surface area contributed by atoms with Crippen molar-refractivity contribution in [2.45, 2.75) is 45.7 Å². The van der Waals surface area contributed by atoms with Crippen molar-refractivity contribution in [1.29, 1.82) is 0 Å². The van der Waals surface area contributed by atoms with Crippen LogP contribution in [0.1, 0.15) is 38.0 Å². The highest BCUT2D eigenvalue weighted by Gasteiger charge is 2.27. The van der Waals surface area contributed by atoms with Crippen molar-refractivity contribution < 1.29 is 9.21 Å². The zero-order valence-corrected chi connectivity index (χ0v) is 19.6. The molecule has 2 aromatic rings. The lowest BCUT2D eigenvalue weighted by atomic mass is 9.93. The Kier molecular flexibility index (Phi) is 8.73. The van der Waals surface area contributed by atoms with E-state index in [1.54, 1.807) is 13.3 Å². The van der Waals surface area contributed by atoms with E-state index in [1.807, 2.05) is 26.0 Å². The third-order valence-corrected chi connectivity index (χ3v) is 5.90. The van der Waals surface area contributed by atoms with Gasteiger partial charge in [-0.2, -0.15) is 0 Å². The van der Waals surface area contributed by atoms with Gasteiger partial charge < -0.3 is 20.4 Å². The topological polar surface area (TPSA) is 81.9 Å². The molecule has 0 atom stereocenters. The van der Waals surface area contributed by atoms with Crippen LogP contribution in [0.4, 0.5) is 0 Å². The zero-order valence-electron chi connectivity index (χ0n) is 19.6. The fraction of sp³-hybridized carbons (Fsp3) is 0.520. The highest BCUT2D eigenvalue weighted by molar-refractivity contribution is 5.83. The number of nitrogens with zero attached hydrogens (tertiary/aromatic N) is 2. The number of furan rings is 1. The second-order valence-corrected chi connectivity index (χ2v) is 9.06. The van der Waals surface area contributed by atoms with Gasteiger partial charge in [-0.15, -0.1) is 0 Å². The average molecular weight is 440 g/mol. The second kappa shape index (κ2) is 11.7. The van der Waals surface area contributed by atoms with Crippen molar-refractivity contribution in [3.05, 3.63) is 60.1 Å². The van der Waals surface area contributed by atoms with Gasteiger partial charge in [-0.1, -0.05) is 30.3 Å². The molecule has 174 valence electrons. The highest BCUT2D eigenvalue weighted by atomic mass is 16.3. The molecule has 7 nitrogen and oxygen atoms in total. The molecule has 1 aliphatic heterocycles. The largest absolute Gasteiger partial charge is 0.469 e. The molecule has 1 fully saturated rings. The van der Waals surface area contributed by atoms with Gasteiger partial charge in [0.2, 0.25) is 5.91 Å². The Balaban J connectivity index is 1.54. The van der Waals surface area contributed by atoms with Crippen LogP contribution in [0.3, 0.4) is 0 Å². The summed E-state index contributed by atoms with van der Waals surface area (Å²) in [7, 11) is 1.66. The van der Waals surface area contributed by atoms with Crippen LogP contribution in [0.25, 0.3) is 0 Å². The van der Waals surface area contributed by atoms with Gasteiger partial charge >= 0.3 is 0 Å². The third-order valence-electron chi connectivity index (χ3n) is 5.90. The number of benzene rings is 1. The minimum atomic E-state index is -0.566. The summed E-state index contributed by atoms with van der Waals surface area (Å²) in [5, 5.41) is 9.75. The molecule has 0 radical (unpaired) electrons. The molecular weight excluding hydrogens is 402 g/mol. The molecule has 0 aliphatic carbocycles. The summed E-state index contributed by atoms with van der Waals surface area (Å²) in [4.78, 5) is 19.4. The second-order valence-electron chi connectivity index (χ2n) is 9.06. The number of rotatable bonds is 9. The Hall–Kier alpha value is -2.80. The molecule has 7 heteroatoms. The SMILES string of the molecule is CNC(=O)C(C)(C)CN=C(NCCc1ccco1)NC1CCN(Cc2ccccc2)CC1. The number of aliphatic imine (C=N–C) groups is 1. The Morgan fingerprint density at radius 1 is 1.16 bits per heavy atom. The van der Waals surface area contributed by atoms with E-state index in [4.69, 9.17) is 9.41 Å². The molecule has 1 aromatic carbocycles. The Morgan fingerprint density at radius 2 is 1.91 bits per heavy atom. The maximum Gasteiger partial charge on any atom is 0.227 e. The van der Waals surface area contributed by atoms with E-state index in [9.17, 15) is 4.79 Å². The maximum absolute atomic E-state index is 12.2. The summed E-state index contributed by atoms with van der Waals surface area (Å²) in [6.45, 7) is 8.06.